The van der Waals surface area contributed by atoms with Crippen LogP contribution in [0.5, 0.6) is 5.75 Å². The number of halogens is 2. The minimum Gasteiger partial charge on any atom is -0.494 e. The fourth-order valence-corrected chi connectivity index (χ4v) is 1.49. The molecule has 0 amide bonds. The minimum atomic E-state index is -1.66. The number of aliphatic hydroxyl groups excluding tert-OH is 2. The van der Waals surface area contributed by atoms with Crippen molar-refractivity contribution in [2.75, 3.05) is 20.7 Å². The quantitative estimate of drug-likeness (QED) is 0.712. The molecule has 4 nitrogen and oxygen atoms in total. The van der Waals surface area contributed by atoms with E-state index < -0.39 is 29.4 Å². The predicted molar refractivity (Wildman–Crippen MR) is 57.8 cm³/mol. The fourth-order valence-electron chi connectivity index (χ4n) is 1.49. The van der Waals surface area contributed by atoms with E-state index in [9.17, 15) is 19.0 Å². The summed E-state index contributed by atoms with van der Waals surface area (Å²) in [5.41, 5.74) is -0.591. The standard InChI is InChI=1S/C11H15F2NO3/c1-14-5-7(15)11(16)9-6(12)3-4-8(17-2)10(9)13/h3-4,7,11,14-16H,5H2,1-2H3. The molecule has 1 rings (SSSR count). The summed E-state index contributed by atoms with van der Waals surface area (Å²) in [5.74, 6) is -2.11. The van der Waals surface area contributed by atoms with Crippen molar-refractivity contribution >= 4 is 0 Å². The van der Waals surface area contributed by atoms with Gasteiger partial charge in [0, 0.05) is 6.54 Å². The van der Waals surface area contributed by atoms with E-state index in [4.69, 9.17) is 0 Å². The van der Waals surface area contributed by atoms with Crippen molar-refractivity contribution in [1.29, 1.82) is 0 Å². The Morgan fingerprint density at radius 2 is 2.00 bits per heavy atom. The van der Waals surface area contributed by atoms with Crippen LogP contribution >= 0.6 is 0 Å². The van der Waals surface area contributed by atoms with Crippen LogP contribution < -0.4 is 10.1 Å². The molecule has 2 atom stereocenters. The largest absolute Gasteiger partial charge is 0.494 e. The van der Waals surface area contributed by atoms with Gasteiger partial charge in [0.2, 0.25) is 0 Å². The van der Waals surface area contributed by atoms with Crippen LogP contribution in [0.4, 0.5) is 8.78 Å². The molecule has 0 bridgehead atoms. The van der Waals surface area contributed by atoms with Gasteiger partial charge in [-0.3, -0.25) is 0 Å². The van der Waals surface area contributed by atoms with E-state index in [0.717, 1.165) is 12.1 Å². The maximum Gasteiger partial charge on any atom is 0.173 e. The van der Waals surface area contributed by atoms with Crippen molar-refractivity contribution in [3.63, 3.8) is 0 Å². The Labute approximate surface area is 97.8 Å². The van der Waals surface area contributed by atoms with E-state index in [2.05, 4.69) is 10.1 Å². The molecule has 6 heteroatoms. The Kier molecular flexibility index (Phi) is 4.80. The molecular formula is C11H15F2NO3. The van der Waals surface area contributed by atoms with Gasteiger partial charge in [-0.05, 0) is 19.2 Å². The third-order valence-corrected chi connectivity index (χ3v) is 2.38. The average Bonchev–Trinajstić information content (AvgIpc) is 2.29. The molecule has 3 N–H and O–H groups in total. The highest BCUT2D eigenvalue weighted by molar-refractivity contribution is 5.34. The van der Waals surface area contributed by atoms with E-state index in [0.29, 0.717) is 0 Å². The SMILES string of the molecule is CNCC(O)C(O)c1c(F)ccc(OC)c1F. The number of hydrogen-bond donors (Lipinski definition) is 3. The topological polar surface area (TPSA) is 61.7 Å². The lowest BCUT2D eigenvalue weighted by atomic mass is 10.0. The van der Waals surface area contributed by atoms with E-state index in [-0.39, 0.29) is 12.3 Å². The van der Waals surface area contributed by atoms with Crippen LogP contribution in [0.25, 0.3) is 0 Å². The first-order chi connectivity index (χ1) is 8.02. The van der Waals surface area contributed by atoms with Gasteiger partial charge in [-0.2, -0.15) is 0 Å². The summed E-state index contributed by atoms with van der Waals surface area (Å²) in [7, 11) is 2.78. The van der Waals surface area contributed by atoms with Gasteiger partial charge in [-0.1, -0.05) is 0 Å². The summed E-state index contributed by atoms with van der Waals surface area (Å²) in [5, 5.41) is 21.8. The second-order valence-corrected chi connectivity index (χ2v) is 3.55. The van der Waals surface area contributed by atoms with Crippen LogP contribution in [0.2, 0.25) is 0 Å². The summed E-state index contributed by atoms with van der Waals surface area (Å²) in [6, 6.07) is 2.10. The van der Waals surface area contributed by atoms with Crippen molar-refractivity contribution in [2.24, 2.45) is 0 Å². The summed E-state index contributed by atoms with van der Waals surface area (Å²) in [4.78, 5) is 0. The normalized spacial score (nSPS) is 14.5. The molecule has 0 aliphatic rings. The lowest BCUT2D eigenvalue weighted by Gasteiger charge is -2.19. The van der Waals surface area contributed by atoms with Crippen LogP contribution in [0.15, 0.2) is 12.1 Å². The van der Waals surface area contributed by atoms with Crippen molar-refractivity contribution in [3.05, 3.63) is 29.3 Å². The third kappa shape index (κ3) is 2.91. The lowest BCUT2D eigenvalue weighted by molar-refractivity contribution is 0.0156. The van der Waals surface area contributed by atoms with Gasteiger partial charge in [-0.15, -0.1) is 0 Å². The number of methoxy groups -OCH3 is 1. The van der Waals surface area contributed by atoms with E-state index >= 15 is 0 Å². The Balaban J connectivity index is 3.11. The molecule has 0 aliphatic carbocycles. The molecule has 2 unspecified atom stereocenters. The van der Waals surface area contributed by atoms with Crippen LogP contribution in [0, 0.1) is 11.6 Å². The Morgan fingerprint density at radius 1 is 1.35 bits per heavy atom. The molecule has 1 aromatic rings. The number of likely N-dealkylation sites (N-methyl/N-ethyl adjacent to an activating group) is 1. The van der Waals surface area contributed by atoms with Crippen LogP contribution in [-0.4, -0.2) is 37.0 Å². The number of ether oxygens (including phenoxy) is 1. The highest BCUT2D eigenvalue weighted by Gasteiger charge is 2.26. The summed E-state index contributed by atoms with van der Waals surface area (Å²) < 4.78 is 31.8. The third-order valence-electron chi connectivity index (χ3n) is 2.38. The number of nitrogens with one attached hydrogen (secondary N) is 1. The second kappa shape index (κ2) is 5.90. The first-order valence-corrected chi connectivity index (χ1v) is 5.05. The van der Waals surface area contributed by atoms with E-state index in [1.165, 1.54) is 7.11 Å². The van der Waals surface area contributed by atoms with Crippen LogP contribution in [-0.2, 0) is 0 Å². The number of rotatable bonds is 5. The van der Waals surface area contributed by atoms with Gasteiger partial charge in [0.1, 0.15) is 11.9 Å². The molecule has 96 valence electrons. The predicted octanol–water partition coefficient (Wildman–Crippen LogP) is 0.587. The van der Waals surface area contributed by atoms with Crippen molar-refractivity contribution < 1.29 is 23.7 Å². The van der Waals surface area contributed by atoms with Crippen molar-refractivity contribution in [2.45, 2.75) is 12.2 Å². The smallest absolute Gasteiger partial charge is 0.173 e. The summed E-state index contributed by atoms with van der Waals surface area (Å²) in [6.45, 7) is 0.0112. The molecule has 0 saturated heterocycles. The van der Waals surface area contributed by atoms with Crippen molar-refractivity contribution in [1.82, 2.24) is 5.32 Å². The van der Waals surface area contributed by atoms with Gasteiger partial charge in [0.05, 0.1) is 18.8 Å². The van der Waals surface area contributed by atoms with Gasteiger partial charge < -0.3 is 20.3 Å². The molecule has 0 spiro atoms. The number of benzene rings is 1. The van der Waals surface area contributed by atoms with Crippen LogP contribution in [0.3, 0.4) is 0 Å². The van der Waals surface area contributed by atoms with Crippen molar-refractivity contribution in [3.8, 4) is 5.75 Å². The molecular weight excluding hydrogens is 232 g/mol. The zero-order valence-corrected chi connectivity index (χ0v) is 9.58. The minimum absolute atomic E-state index is 0.0112. The van der Waals surface area contributed by atoms with Gasteiger partial charge in [0.25, 0.3) is 0 Å². The summed E-state index contributed by atoms with van der Waals surface area (Å²) in [6.07, 6.45) is -2.96. The molecule has 17 heavy (non-hydrogen) atoms. The zero-order valence-electron chi connectivity index (χ0n) is 9.58. The maximum absolute atomic E-state index is 13.7. The zero-order chi connectivity index (χ0) is 13.0. The summed E-state index contributed by atoms with van der Waals surface area (Å²) >= 11 is 0. The molecule has 0 radical (unpaired) electrons. The number of aliphatic hydroxyl groups is 2. The Bertz CT molecular complexity index is 387. The average molecular weight is 247 g/mol. The molecule has 0 aromatic heterocycles. The first-order valence-electron chi connectivity index (χ1n) is 5.05. The molecule has 0 aliphatic heterocycles. The Hall–Kier alpha value is -1.24. The first kappa shape index (κ1) is 13.8. The van der Waals surface area contributed by atoms with E-state index in [1.54, 1.807) is 7.05 Å². The molecule has 0 fully saturated rings. The maximum atomic E-state index is 13.7. The van der Waals surface area contributed by atoms with Crippen LogP contribution in [0.1, 0.15) is 11.7 Å². The molecule has 0 heterocycles. The highest BCUT2D eigenvalue weighted by Crippen LogP contribution is 2.29. The van der Waals surface area contributed by atoms with Gasteiger partial charge >= 0.3 is 0 Å². The monoisotopic (exact) mass is 247 g/mol. The van der Waals surface area contributed by atoms with Gasteiger partial charge in [-0.25, -0.2) is 8.78 Å². The molecule has 1 aromatic carbocycles. The fraction of sp³-hybridized carbons (Fsp3) is 0.455. The van der Waals surface area contributed by atoms with Gasteiger partial charge in [0.15, 0.2) is 11.6 Å². The Morgan fingerprint density at radius 3 is 2.53 bits per heavy atom. The molecule has 0 saturated carbocycles. The second-order valence-electron chi connectivity index (χ2n) is 3.55. The van der Waals surface area contributed by atoms with E-state index in [1.807, 2.05) is 0 Å². The number of hydrogen-bond acceptors (Lipinski definition) is 4. The lowest BCUT2D eigenvalue weighted by Crippen LogP contribution is -2.30. The highest BCUT2D eigenvalue weighted by atomic mass is 19.1.